The molecule has 0 aromatic heterocycles. The minimum atomic E-state index is -0.341. The molecule has 130 valence electrons. The summed E-state index contributed by atoms with van der Waals surface area (Å²) in [6.07, 6.45) is 1.72. The van der Waals surface area contributed by atoms with Crippen LogP contribution in [0, 0.1) is 12.8 Å². The van der Waals surface area contributed by atoms with E-state index >= 15 is 0 Å². The van der Waals surface area contributed by atoms with Gasteiger partial charge in [0, 0.05) is 0 Å². The Bertz CT molecular complexity index is 631. The minimum absolute atomic E-state index is 0.0431. The van der Waals surface area contributed by atoms with Crippen LogP contribution < -0.4 is 5.46 Å². The van der Waals surface area contributed by atoms with Gasteiger partial charge in [0.2, 0.25) is 0 Å². The molecule has 5 heteroatoms. The summed E-state index contributed by atoms with van der Waals surface area (Å²) in [7, 11) is 1.11. The van der Waals surface area contributed by atoms with Gasteiger partial charge in [-0.2, -0.15) is 0 Å². The molecule has 0 radical (unpaired) electrons. The Morgan fingerprint density at radius 3 is 2.29 bits per heavy atom. The minimum Gasteiger partial charge on any atom is -0.469 e. The van der Waals surface area contributed by atoms with Gasteiger partial charge in [0.15, 0.2) is 0 Å². The standard InChI is InChI=1S/C19H27BO4/c1-12-7-8-13(14-9-15(10-14)17(21)22-6)11-16(12)20-23-18(2,3)19(4,5)24-20/h7-8,11,14-15H,9-10H2,1-6H3. The van der Waals surface area contributed by atoms with Gasteiger partial charge in [0.1, 0.15) is 0 Å². The zero-order chi connectivity index (χ0) is 17.7. The maximum atomic E-state index is 11.6. The van der Waals surface area contributed by atoms with Gasteiger partial charge in [0.05, 0.1) is 24.2 Å². The summed E-state index contributed by atoms with van der Waals surface area (Å²) in [6.45, 7) is 10.4. The second-order valence-corrected chi connectivity index (χ2v) is 8.09. The number of esters is 1. The molecule has 1 aromatic carbocycles. The van der Waals surface area contributed by atoms with Crippen molar-refractivity contribution in [1.29, 1.82) is 0 Å². The van der Waals surface area contributed by atoms with E-state index in [0.717, 1.165) is 18.3 Å². The summed E-state index contributed by atoms with van der Waals surface area (Å²) in [5.41, 5.74) is 2.83. The molecule has 0 spiro atoms. The van der Waals surface area contributed by atoms with Crippen LogP contribution >= 0.6 is 0 Å². The number of hydrogen-bond donors (Lipinski definition) is 0. The molecular formula is C19H27BO4. The number of rotatable bonds is 3. The van der Waals surface area contributed by atoms with Crippen LogP contribution in [0.25, 0.3) is 0 Å². The van der Waals surface area contributed by atoms with Gasteiger partial charge in [-0.3, -0.25) is 4.79 Å². The quantitative estimate of drug-likeness (QED) is 0.631. The molecule has 1 heterocycles. The van der Waals surface area contributed by atoms with Crippen LogP contribution in [-0.2, 0) is 18.8 Å². The number of ether oxygens (including phenoxy) is 1. The predicted octanol–water partition coefficient (Wildman–Crippen LogP) is 2.96. The molecular weight excluding hydrogens is 303 g/mol. The van der Waals surface area contributed by atoms with Crippen LogP contribution in [0.2, 0.25) is 0 Å². The first-order valence-electron chi connectivity index (χ1n) is 8.68. The fourth-order valence-electron chi connectivity index (χ4n) is 3.39. The van der Waals surface area contributed by atoms with Gasteiger partial charge in [-0.25, -0.2) is 0 Å². The number of carbonyl (C=O) groups is 1. The highest BCUT2D eigenvalue weighted by Crippen LogP contribution is 2.42. The fraction of sp³-hybridized carbons (Fsp3) is 0.632. The molecule has 4 nitrogen and oxygen atoms in total. The number of methoxy groups -OCH3 is 1. The van der Waals surface area contributed by atoms with E-state index in [1.807, 2.05) is 0 Å². The van der Waals surface area contributed by atoms with Crippen LogP contribution in [0.15, 0.2) is 18.2 Å². The van der Waals surface area contributed by atoms with Gasteiger partial charge in [-0.15, -0.1) is 0 Å². The highest BCUT2D eigenvalue weighted by Gasteiger charge is 2.52. The molecule has 2 fully saturated rings. The van der Waals surface area contributed by atoms with Crippen LogP contribution in [0.5, 0.6) is 0 Å². The van der Waals surface area contributed by atoms with Crippen molar-refractivity contribution in [2.45, 2.75) is 64.6 Å². The first-order valence-corrected chi connectivity index (χ1v) is 8.68. The van der Waals surface area contributed by atoms with Crippen molar-refractivity contribution in [3.8, 4) is 0 Å². The van der Waals surface area contributed by atoms with Gasteiger partial charge in [0.25, 0.3) is 0 Å². The van der Waals surface area contributed by atoms with Gasteiger partial charge in [-0.1, -0.05) is 23.8 Å². The number of benzene rings is 1. The largest absolute Gasteiger partial charge is 0.495 e. The van der Waals surface area contributed by atoms with E-state index in [4.69, 9.17) is 14.0 Å². The topological polar surface area (TPSA) is 44.8 Å². The molecule has 0 atom stereocenters. The molecule has 1 saturated carbocycles. The number of carbonyl (C=O) groups excluding carboxylic acids is 1. The Morgan fingerprint density at radius 1 is 1.17 bits per heavy atom. The van der Waals surface area contributed by atoms with Crippen molar-refractivity contribution in [2.24, 2.45) is 5.92 Å². The van der Waals surface area contributed by atoms with E-state index in [2.05, 4.69) is 52.8 Å². The van der Waals surface area contributed by atoms with E-state index in [-0.39, 0.29) is 30.2 Å². The summed E-state index contributed by atoms with van der Waals surface area (Å²) < 4.78 is 17.2. The molecule has 24 heavy (non-hydrogen) atoms. The van der Waals surface area contributed by atoms with E-state index in [1.54, 1.807) is 0 Å². The SMILES string of the molecule is COC(=O)C1CC(c2ccc(C)c(B3OC(C)(C)C(C)(C)O3)c2)C1. The molecule has 1 aliphatic heterocycles. The molecule has 0 bridgehead atoms. The zero-order valence-electron chi connectivity index (χ0n) is 15.5. The average Bonchev–Trinajstić information content (AvgIpc) is 2.67. The number of aryl methyl sites for hydroxylation is 1. The van der Waals surface area contributed by atoms with Crippen molar-refractivity contribution in [3.05, 3.63) is 29.3 Å². The number of hydrogen-bond acceptors (Lipinski definition) is 4. The lowest BCUT2D eigenvalue weighted by Gasteiger charge is -2.34. The molecule has 1 aliphatic carbocycles. The van der Waals surface area contributed by atoms with E-state index in [0.29, 0.717) is 5.92 Å². The van der Waals surface area contributed by atoms with Crippen molar-refractivity contribution >= 4 is 18.6 Å². The van der Waals surface area contributed by atoms with Crippen molar-refractivity contribution in [2.75, 3.05) is 7.11 Å². The normalized spacial score (nSPS) is 27.7. The van der Waals surface area contributed by atoms with Crippen molar-refractivity contribution in [1.82, 2.24) is 0 Å². The molecule has 3 rings (SSSR count). The Morgan fingerprint density at radius 2 is 1.75 bits per heavy atom. The highest BCUT2D eigenvalue weighted by molar-refractivity contribution is 6.62. The van der Waals surface area contributed by atoms with Crippen LogP contribution in [-0.4, -0.2) is 31.4 Å². The van der Waals surface area contributed by atoms with Gasteiger partial charge >= 0.3 is 13.1 Å². The van der Waals surface area contributed by atoms with E-state index < -0.39 is 0 Å². The Labute approximate surface area is 145 Å². The van der Waals surface area contributed by atoms with Gasteiger partial charge < -0.3 is 14.0 Å². The monoisotopic (exact) mass is 330 g/mol. The molecule has 1 saturated heterocycles. The third-order valence-corrected chi connectivity index (χ3v) is 5.95. The Hall–Kier alpha value is -1.33. The predicted molar refractivity (Wildman–Crippen MR) is 94.4 cm³/mol. The zero-order valence-corrected chi connectivity index (χ0v) is 15.5. The van der Waals surface area contributed by atoms with Crippen LogP contribution in [0.4, 0.5) is 0 Å². The first kappa shape index (κ1) is 17.5. The molecule has 2 aliphatic rings. The molecule has 1 aromatic rings. The average molecular weight is 330 g/mol. The second-order valence-electron chi connectivity index (χ2n) is 8.09. The molecule has 0 unspecified atom stereocenters. The molecule has 0 N–H and O–H groups in total. The molecule has 0 amide bonds. The van der Waals surface area contributed by atoms with Crippen LogP contribution in [0.1, 0.15) is 57.6 Å². The Balaban J connectivity index is 1.78. The lowest BCUT2D eigenvalue weighted by atomic mass is 9.68. The van der Waals surface area contributed by atoms with E-state index in [9.17, 15) is 4.79 Å². The fourth-order valence-corrected chi connectivity index (χ4v) is 3.39. The summed E-state index contributed by atoms with van der Waals surface area (Å²) in [4.78, 5) is 11.6. The highest BCUT2D eigenvalue weighted by atomic mass is 16.7. The Kier molecular flexibility index (Phi) is 4.29. The summed E-state index contributed by atoms with van der Waals surface area (Å²) in [6, 6.07) is 6.47. The lowest BCUT2D eigenvalue weighted by Crippen LogP contribution is -2.41. The summed E-state index contributed by atoms with van der Waals surface area (Å²) in [5, 5.41) is 0. The van der Waals surface area contributed by atoms with Gasteiger partial charge in [-0.05, 0) is 64.4 Å². The lowest BCUT2D eigenvalue weighted by molar-refractivity contribution is -0.148. The van der Waals surface area contributed by atoms with Crippen molar-refractivity contribution in [3.63, 3.8) is 0 Å². The third-order valence-electron chi connectivity index (χ3n) is 5.95. The summed E-state index contributed by atoms with van der Waals surface area (Å²) >= 11 is 0. The van der Waals surface area contributed by atoms with E-state index in [1.165, 1.54) is 18.2 Å². The maximum Gasteiger partial charge on any atom is 0.495 e. The maximum absolute atomic E-state index is 11.6. The third kappa shape index (κ3) is 2.88. The second kappa shape index (κ2) is 5.89. The van der Waals surface area contributed by atoms with Crippen molar-refractivity contribution < 1.29 is 18.8 Å². The van der Waals surface area contributed by atoms with Crippen LogP contribution in [0.3, 0.4) is 0 Å². The first-order chi connectivity index (χ1) is 11.1. The summed E-state index contributed by atoms with van der Waals surface area (Å²) in [5.74, 6) is 0.363. The smallest absolute Gasteiger partial charge is 0.469 e.